The van der Waals surface area contributed by atoms with Gasteiger partial charge in [0.15, 0.2) is 11.6 Å². The molecule has 0 unspecified atom stereocenters. The van der Waals surface area contributed by atoms with E-state index in [1.807, 2.05) is 0 Å². The SMILES string of the molecule is Fc1[c]cc(F)c(F)c1C(F)(F)F. The molecule has 0 N–H and O–H groups in total. The van der Waals surface area contributed by atoms with Gasteiger partial charge in [-0.1, -0.05) is 0 Å². The Morgan fingerprint density at radius 1 is 1.08 bits per heavy atom. The third kappa shape index (κ3) is 1.76. The third-order valence-electron chi connectivity index (χ3n) is 1.26. The lowest BCUT2D eigenvalue weighted by Gasteiger charge is -2.08. The number of halogens is 6. The molecule has 0 aliphatic heterocycles. The lowest BCUT2D eigenvalue weighted by molar-refractivity contribution is -0.142. The van der Waals surface area contributed by atoms with Crippen molar-refractivity contribution in [2.24, 2.45) is 0 Å². The van der Waals surface area contributed by atoms with Crippen molar-refractivity contribution in [3.05, 3.63) is 35.1 Å². The van der Waals surface area contributed by atoms with E-state index in [1.54, 1.807) is 0 Å². The van der Waals surface area contributed by atoms with Crippen LogP contribution in [0.3, 0.4) is 0 Å². The number of hydrogen-bond acceptors (Lipinski definition) is 0. The monoisotopic (exact) mass is 199 g/mol. The second-order valence-electron chi connectivity index (χ2n) is 2.14. The molecular weight excluding hydrogens is 198 g/mol. The molecule has 1 radical (unpaired) electrons. The van der Waals surface area contributed by atoms with E-state index >= 15 is 0 Å². The number of benzene rings is 1. The van der Waals surface area contributed by atoms with Gasteiger partial charge in [-0.3, -0.25) is 0 Å². The van der Waals surface area contributed by atoms with E-state index in [9.17, 15) is 26.3 Å². The molecule has 0 spiro atoms. The van der Waals surface area contributed by atoms with Crippen LogP contribution in [0.15, 0.2) is 6.07 Å². The van der Waals surface area contributed by atoms with Gasteiger partial charge in [0.25, 0.3) is 0 Å². The van der Waals surface area contributed by atoms with Gasteiger partial charge < -0.3 is 0 Å². The number of rotatable bonds is 0. The van der Waals surface area contributed by atoms with E-state index in [2.05, 4.69) is 0 Å². The molecule has 6 heteroatoms. The normalized spacial score (nSPS) is 11.8. The summed E-state index contributed by atoms with van der Waals surface area (Å²) in [5.41, 5.74) is -2.26. The van der Waals surface area contributed by atoms with E-state index in [4.69, 9.17) is 0 Å². The first kappa shape index (κ1) is 9.88. The molecule has 0 aliphatic carbocycles. The molecule has 0 aromatic heterocycles. The van der Waals surface area contributed by atoms with Crippen LogP contribution in [0.1, 0.15) is 5.56 Å². The molecule has 0 amide bonds. The zero-order valence-corrected chi connectivity index (χ0v) is 5.85. The van der Waals surface area contributed by atoms with E-state index in [1.165, 1.54) is 6.07 Å². The zero-order valence-electron chi connectivity index (χ0n) is 5.85. The summed E-state index contributed by atoms with van der Waals surface area (Å²) >= 11 is 0. The fraction of sp³-hybridized carbons (Fsp3) is 0.143. The van der Waals surface area contributed by atoms with Crippen molar-refractivity contribution >= 4 is 0 Å². The van der Waals surface area contributed by atoms with Gasteiger partial charge in [-0.25, -0.2) is 13.2 Å². The highest BCUT2D eigenvalue weighted by atomic mass is 19.4. The molecule has 1 aromatic rings. The molecule has 1 rings (SSSR count). The summed E-state index contributed by atoms with van der Waals surface area (Å²) in [7, 11) is 0. The molecule has 13 heavy (non-hydrogen) atoms. The van der Waals surface area contributed by atoms with E-state index < -0.39 is 29.2 Å². The Morgan fingerprint density at radius 3 is 2.00 bits per heavy atom. The van der Waals surface area contributed by atoms with Crippen LogP contribution < -0.4 is 0 Å². The predicted octanol–water partition coefficient (Wildman–Crippen LogP) is 2.92. The quantitative estimate of drug-likeness (QED) is 0.445. The van der Waals surface area contributed by atoms with Crippen LogP contribution in [0.5, 0.6) is 0 Å². The minimum atomic E-state index is -5.26. The van der Waals surface area contributed by atoms with Gasteiger partial charge in [0.05, 0.1) is 0 Å². The van der Waals surface area contributed by atoms with Crippen molar-refractivity contribution in [1.29, 1.82) is 0 Å². The van der Waals surface area contributed by atoms with Crippen LogP contribution in [0, 0.1) is 23.5 Å². The molecule has 0 heterocycles. The summed E-state index contributed by atoms with van der Waals surface area (Å²) in [6.07, 6.45) is -5.26. The van der Waals surface area contributed by atoms with Crippen molar-refractivity contribution in [3.8, 4) is 0 Å². The van der Waals surface area contributed by atoms with Gasteiger partial charge in [0.1, 0.15) is 11.4 Å². The van der Waals surface area contributed by atoms with Gasteiger partial charge in [-0.15, -0.1) is 0 Å². The molecule has 0 saturated heterocycles. The average Bonchev–Trinajstić information content (AvgIpc) is 1.95. The van der Waals surface area contributed by atoms with Crippen molar-refractivity contribution < 1.29 is 26.3 Å². The molecule has 0 nitrogen and oxygen atoms in total. The second-order valence-corrected chi connectivity index (χ2v) is 2.14. The maximum absolute atomic E-state index is 12.4. The molecule has 0 atom stereocenters. The van der Waals surface area contributed by atoms with Crippen LogP contribution in [0.4, 0.5) is 26.3 Å². The second kappa shape index (κ2) is 2.93. The Kier molecular flexibility index (Phi) is 2.23. The summed E-state index contributed by atoms with van der Waals surface area (Å²) in [5.74, 6) is -5.98. The van der Waals surface area contributed by atoms with Gasteiger partial charge in [-0.05, 0) is 6.07 Å². The molecule has 0 saturated carbocycles. The largest absolute Gasteiger partial charge is 0.422 e. The first-order valence-corrected chi connectivity index (χ1v) is 2.96. The molecule has 0 bridgehead atoms. The lowest BCUT2D eigenvalue weighted by Crippen LogP contribution is -2.12. The lowest BCUT2D eigenvalue weighted by atomic mass is 10.2. The first-order chi connectivity index (χ1) is 5.84. The number of alkyl halides is 3. The molecule has 1 aromatic carbocycles. The smallest absolute Gasteiger partial charge is 0.206 e. The highest BCUT2D eigenvalue weighted by Gasteiger charge is 2.38. The van der Waals surface area contributed by atoms with Gasteiger partial charge in [0.2, 0.25) is 0 Å². The van der Waals surface area contributed by atoms with Gasteiger partial charge >= 0.3 is 6.18 Å². The fourth-order valence-corrected chi connectivity index (χ4v) is 0.727. The summed E-state index contributed by atoms with van der Waals surface area (Å²) < 4.78 is 72.4. The van der Waals surface area contributed by atoms with Crippen molar-refractivity contribution in [1.82, 2.24) is 0 Å². The summed E-state index contributed by atoms with van der Waals surface area (Å²) in [4.78, 5) is 0. The minimum absolute atomic E-state index is 0.167. The Balaban J connectivity index is 3.43. The van der Waals surface area contributed by atoms with Crippen LogP contribution in [-0.2, 0) is 6.18 Å². The highest BCUT2D eigenvalue weighted by Crippen LogP contribution is 2.33. The maximum atomic E-state index is 12.4. The first-order valence-electron chi connectivity index (χ1n) is 2.96. The minimum Gasteiger partial charge on any atom is -0.206 e. The molecule has 0 aliphatic rings. The Labute approximate surface area is 68.8 Å². The van der Waals surface area contributed by atoms with Gasteiger partial charge in [-0.2, -0.15) is 13.2 Å². The predicted molar refractivity (Wildman–Crippen MR) is 30.2 cm³/mol. The van der Waals surface area contributed by atoms with Crippen LogP contribution >= 0.6 is 0 Å². The Bertz CT molecular complexity index is 326. The third-order valence-corrected chi connectivity index (χ3v) is 1.26. The topological polar surface area (TPSA) is 0 Å². The highest BCUT2D eigenvalue weighted by molar-refractivity contribution is 5.22. The van der Waals surface area contributed by atoms with Crippen molar-refractivity contribution in [2.75, 3.05) is 0 Å². The van der Waals surface area contributed by atoms with Crippen LogP contribution in [-0.4, -0.2) is 0 Å². The molecular formula is C7HF6. The Morgan fingerprint density at radius 2 is 1.62 bits per heavy atom. The van der Waals surface area contributed by atoms with Crippen molar-refractivity contribution in [3.63, 3.8) is 0 Å². The summed E-state index contributed by atoms with van der Waals surface area (Å²) in [6, 6.07) is 1.48. The molecule has 71 valence electrons. The number of hydrogen-bond donors (Lipinski definition) is 0. The van der Waals surface area contributed by atoms with Crippen molar-refractivity contribution in [2.45, 2.75) is 6.18 Å². The van der Waals surface area contributed by atoms with E-state index in [0.717, 1.165) is 0 Å². The van der Waals surface area contributed by atoms with Crippen LogP contribution in [0.2, 0.25) is 0 Å². The van der Waals surface area contributed by atoms with Crippen LogP contribution in [0.25, 0.3) is 0 Å². The summed E-state index contributed by atoms with van der Waals surface area (Å²) in [5, 5.41) is 0. The standard InChI is InChI=1S/C7HF6/c8-3-1-2-4(9)6(10)5(3)7(11,12)13/h2H. The van der Waals surface area contributed by atoms with E-state index in [-0.39, 0.29) is 6.07 Å². The van der Waals surface area contributed by atoms with E-state index in [0.29, 0.717) is 0 Å². The zero-order chi connectivity index (χ0) is 10.2. The molecule has 0 fully saturated rings. The summed E-state index contributed by atoms with van der Waals surface area (Å²) in [6.45, 7) is 0. The Hall–Kier alpha value is -1.20. The van der Waals surface area contributed by atoms with Gasteiger partial charge in [0, 0.05) is 6.07 Å². The maximum Gasteiger partial charge on any atom is 0.422 e. The average molecular weight is 199 g/mol. The fourth-order valence-electron chi connectivity index (χ4n) is 0.727.